The third-order valence-electron chi connectivity index (χ3n) is 5.98. The van der Waals surface area contributed by atoms with Gasteiger partial charge in [-0.2, -0.15) is 0 Å². The first-order chi connectivity index (χ1) is 15.1. The molecule has 1 heterocycles. The number of halogens is 1. The number of hydrogen-bond donors (Lipinski definition) is 2. The lowest BCUT2D eigenvalue weighted by atomic mass is 9.87. The van der Waals surface area contributed by atoms with Crippen molar-refractivity contribution in [2.45, 2.75) is 62.9 Å². The summed E-state index contributed by atoms with van der Waals surface area (Å²) < 4.78 is 23.8. The van der Waals surface area contributed by atoms with E-state index >= 15 is 0 Å². The smallest absolute Gasteiger partial charge is 0.233 e. The zero-order valence-corrected chi connectivity index (χ0v) is 20.2. The van der Waals surface area contributed by atoms with E-state index in [9.17, 15) is 18.3 Å². The summed E-state index contributed by atoms with van der Waals surface area (Å²) in [5, 5.41) is 13.1. The summed E-state index contributed by atoms with van der Waals surface area (Å²) in [7, 11) is -3.46. The summed E-state index contributed by atoms with van der Waals surface area (Å²) in [6.45, 7) is 3.77. The maximum Gasteiger partial charge on any atom is 0.233 e. The summed E-state index contributed by atoms with van der Waals surface area (Å²) in [5.74, 6) is -0.0163. The van der Waals surface area contributed by atoms with E-state index in [1.165, 1.54) is 18.5 Å². The van der Waals surface area contributed by atoms with Crippen molar-refractivity contribution in [2.24, 2.45) is 11.8 Å². The molecule has 9 heteroatoms. The van der Waals surface area contributed by atoms with Crippen molar-refractivity contribution in [3.05, 3.63) is 46.9 Å². The Morgan fingerprint density at radius 3 is 2.44 bits per heavy atom. The number of aliphatic hydroxyl groups excluding tert-OH is 1. The Labute approximate surface area is 194 Å². The molecule has 1 saturated carbocycles. The van der Waals surface area contributed by atoms with Crippen molar-refractivity contribution in [1.82, 2.24) is 9.97 Å². The number of nitrogens with zero attached hydrogens (tertiary/aromatic N) is 2. The molecule has 0 aliphatic heterocycles. The highest BCUT2D eigenvalue weighted by Gasteiger charge is 2.28. The molecular formula is C23H30ClN3O4S. The van der Waals surface area contributed by atoms with Gasteiger partial charge in [0.25, 0.3) is 0 Å². The second-order valence-electron chi connectivity index (χ2n) is 8.91. The van der Waals surface area contributed by atoms with E-state index in [-0.39, 0.29) is 21.7 Å². The number of benzene rings is 1. The molecule has 0 radical (unpaired) electrons. The number of anilines is 1. The van der Waals surface area contributed by atoms with Gasteiger partial charge < -0.3 is 10.4 Å². The Bertz CT molecular complexity index is 1050. The molecule has 1 aromatic carbocycles. The van der Waals surface area contributed by atoms with Crippen LogP contribution in [0.1, 0.15) is 69.2 Å². The van der Waals surface area contributed by atoms with Crippen LogP contribution < -0.4 is 5.32 Å². The topological polar surface area (TPSA) is 109 Å². The molecule has 2 aromatic rings. The molecule has 1 aliphatic rings. The minimum Gasteiger partial charge on any atom is -0.386 e. The van der Waals surface area contributed by atoms with Crippen LogP contribution in [-0.4, -0.2) is 35.7 Å². The lowest BCUT2D eigenvalue weighted by molar-refractivity contribution is -0.118. The molecule has 0 saturated heterocycles. The Kier molecular flexibility index (Phi) is 7.90. The van der Waals surface area contributed by atoms with Crippen molar-refractivity contribution in [1.29, 1.82) is 0 Å². The number of amides is 1. The van der Waals surface area contributed by atoms with Gasteiger partial charge in [-0.05, 0) is 36.0 Å². The number of hydrogen-bond acceptors (Lipinski definition) is 6. The van der Waals surface area contributed by atoms with E-state index in [2.05, 4.69) is 15.3 Å². The predicted molar refractivity (Wildman–Crippen MR) is 124 cm³/mol. The number of carbonyl (C=O) groups is 1. The Morgan fingerprint density at radius 2 is 1.91 bits per heavy atom. The Hall–Kier alpha value is -2.03. The summed E-state index contributed by atoms with van der Waals surface area (Å²) in [5.41, 5.74) is 1.12. The summed E-state index contributed by atoms with van der Waals surface area (Å²) in [4.78, 5) is 21.7. The first kappa shape index (κ1) is 24.6. The number of sulfone groups is 1. The van der Waals surface area contributed by atoms with Gasteiger partial charge in [-0.25, -0.2) is 13.4 Å². The van der Waals surface area contributed by atoms with Gasteiger partial charge in [-0.3, -0.25) is 9.78 Å². The van der Waals surface area contributed by atoms with E-state index in [1.54, 1.807) is 12.1 Å². The fraction of sp³-hybridized carbons (Fsp3) is 0.522. The standard InChI is InChI=1S/C23H30ClN3O4S/c1-14(2)22(28)19-12-26-21(13-25-19)27-23(29)17(10-15-6-4-5-7-15)16-8-9-20(18(24)11-16)32(3,30)31/h8-9,11-15,17,22,28H,4-7,10H2,1-3H3,(H,26,27,29). The molecule has 0 spiro atoms. The fourth-order valence-corrected chi connectivity index (χ4v) is 5.46. The zero-order valence-electron chi connectivity index (χ0n) is 18.6. The van der Waals surface area contributed by atoms with Gasteiger partial charge in [0.1, 0.15) is 0 Å². The van der Waals surface area contributed by atoms with Gasteiger partial charge in [0, 0.05) is 6.26 Å². The van der Waals surface area contributed by atoms with Gasteiger partial charge >= 0.3 is 0 Å². The predicted octanol–water partition coefficient (Wildman–Crippen LogP) is 4.53. The summed E-state index contributed by atoms with van der Waals surface area (Å²) >= 11 is 6.26. The van der Waals surface area contributed by atoms with E-state index in [1.807, 2.05) is 13.8 Å². The molecule has 1 aliphatic carbocycles. The van der Waals surface area contributed by atoms with Gasteiger partial charge in [-0.15, -0.1) is 0 Å². The second kappa shape index (κ2) is 10.3. The molecule has 1 amide bonds. The molecule has 32 heavy (non-hydrogen) atoms. The number of aliphatic hydroxyl groups is 1. The van der Waals surface area contributed by atoms with Crippen LogP contribution in [-0.2, 0) is 14.6 Å². The molecule has 0 bridgehead atoms. The minimum atomic E-state index is -3.46. The van der Waals surface area contributed by atoms with E-state index in [0.717, 1.165) is 31.9 Å². The molecule has 7 nitrogen and oxygen atoms in total. The molecule has 1 aromatic heterocycles. The van der Waals surface area contributed by atoms with Crippen LogP contribution in [0.25, 0.3) is 0 Å². The molecule has 3 rings (SSSR count). The normalized spacial score (nSPS) is 16.8. The molecule has 174 valence electrons. The highest BCUT2D eigenvalue weighted by Crippen LogP contribution is 2.36. The molecular weight excluding hydrogens is 450 g/mol. The van der Waals surface area contributed by atoms with Crippen molar-refractivity contribution >= 4 is 33.2 Å². The average molecular weight is 480 g/mol. The number of rotatable bonds is 8. The molecule has 2 N–H and O–H groups in total. The molecule has 1 fully saturated rings. The Morgan fingerprint density at radius 1 is 1.22 bits per heavy atom. The lowest BCUT2D eigenvalue weighted by Gasteiger charge is -2.21. The first-order valence-corrected chi connectivity index (χ1v) is 13.1. The van der Waals surface area contributed by atoms with E-state index < -0.39 is 21.9 Å². The van der Waals surface area contributed by atoms with Crippen LogP contribution in [0, 0.1) is 11.8 Å². The van der Waals surface area contributed by atoms with Crippen molar-refractivity contribution in [3.8, 4) is 0 Å². The van der Waals surface area contributed by atoms with E-state index in [0.29, 0.717) is 29.4 Å². The monoisotopic (exact) mass is 479 g/mol. The SMILES string of the molecule is CC(C)C(O)c1cnc(NC(=O)C(CC2CCCC2)c2ccc(S(C)(=O)=O)c(Cl)c2)cn1. The first-order valence-electron chi connectivity index (χ1n) is 10.9. The Balaban J connectivity index is 1.84. The van der Waals surface area contributed by atoms with Crippen LogP contribution in [0.2, 0.25) is 5.02 Å². The van der Waals surface area contributed by atoms with Crippen LogP contribution in [0.3, 0.4) is 0 Å². The van der Waals surface area contributed by atoms with E-state index in [4.69, 9.17) is 11.6 Å². The van der Waals surface area contributed by atoms with Crippen LogP contribution in [0.15, 0.2) is 35.5 Å². The quantitative estimate of drug-likeness (QED) is 0.575. The van der Waals surface area contributed by atoms with Crippen LogP contribution in [0.5, 0.6) is 0 Å². The van der Waals surface area contributed by atoms with Crippen molar-refractivity contribution in [3.63, 3.8) is 0 Å². The third-order valence-corrected chi connectivity index (χ3v) is 7.56. The zero-order chi connectivity index (χ0) is 23.5. The maximum atomic E-state index is 13.2. The fourth-order valence-electron chi connectivity index (χ4n) is 4.12. The summed E-state index contributed by atoms with van der Waals surface area (Å²) in [6, 6.07) is 4.70. The summed E-state index contributed by atoms with van der Waals surface area (Å²) in [6.07, 6.45) is 8.37. The van der Waals surface area contributed by atoms with Crippen molar-refractivity contribution < 1.29 is 18.3 Å². The number of carbonyl (C=O) groups excluding carboxylic acids is 1. The highest BCUT2D eigenvalue weighted by molar-refractivity contribution is 7.90. The van der Waals surface area contributed by atoms with Crippen LogP contribution in [0.4, 0.5) is 5.82 Å². The van der Waals surface area contributed by atoms with Gasteiger partial charge in [0.15, 0.2) is 15.7 Å². The number of aromatic nitrogens is 2. The molecule has 2 atom stereocenters. The van der Waals surface area contributed by atoms with Crippen LogP contribution >= 0.6 is 11.6 Å². The maximum absolute atomic E-state index is 13.2. The van der Waals surface area contributed by atoms with Gasteiger partial charge in [0.05, 0.1) is 40.0 Å². The lowest BCUT2D eigenvalue weighted by Crippen LogP contribution is -2.24. The largest absolute Gasteiger partial charge is 0.386 e. The second-order valence-corrected chi connectivity index (χ2v) is 11.3. The molecule has 2 unspecified atom stereocenters. The number of nitrogens with one attached hydrogen (secondary N) is 1. The average Bonchev–Trinajstić information content (AvgIpc) is 3.24. The highest BCUT2D eigenvalue weighted by atomic mass is 35.5. The van der Waals surface area contributed by atoms with Gasteiger partial charge in [-0.1, -0.05) is 57.2 Å². The van der Waals surface area contributed by atoms with Gasteiger partial charge in [0.2, 0.25) is 5.91 Å². The van der Waals surface area contributed by atoms with Crippen molar-refractivity contribution in [2.75, 3.05) is 11.6 Å². The minimum absolute atomic E-state index is 0.000174. The third kappa shape index (κ3) is 6.05.